The van der Waals surface area contributed by atoms with Gasteiger partial charge < -0.3 is 25.1 Å². The zero-order valence-electron chi connectivity index (χ0n) is 27.0. The van der Waals surface area contributed by atoms with Crippen molar-refractivity contribution in [1.82, 2.24) is 5.32 Å². The monoisotopic (exact) mass is 722 g/mol. The van der Waals surface area contributed by atoms with E-state index in [1.165, 1.54) is 18.0 Å². The summed E-state index contributed by atoms with van der Waals surface area (Å²) in [4.78, 5) is 12.4. The first-order chi connectivity index (χ1) is 24.5. The molecule has 4 aromatic carbocycles. The van der Waals surface area contributed by atoms with Crippen LogP contribution in [0.15, 0.2) is 102 Å². The number of nitrogens with zero attached hydrogens (tertiary/aromatic N) is 1. The van der Waals surface area contributed by atoms with Gasteiger partial charge in [-0.3, -0.25) is 4.79 Å². The second-order valence-electron chi connectivity index (χ2n) is 11.9. The normalized spacial score (nSPS) is 18.8. The number of aliphatic hydroxyl groups excluding tert-OH is 1. The topological polar surface area (TPSA) is 94.7 Å². The first-order valence-corrected chi connectivity index (χ1v) is 16.8. The number of rotatable bonds is 10. The van der Waals surface area contributed by atoms with Crippen LogP contribution in [0.2, 0.25) is 0 Å². The Balaban J connectivity index is 1.18. The van der Waals surface area contributed by atoms with Crippen LogP contribution in [0.5, 0.6) is 0 Å². The maximum absolute atomic E-state index is 14.1. The molecule has 4 atom stereocenters. The number of thioether (sulfide) groups is 1. The Kier molecular flexibility index (Phi) is 11.0. The molecule has 0 bridgehead atoms. The van der Waals surface area contributed by atoms with E-state index in [1.807, 2.05) is 61.5 Å². The van der Waals surface area contributed by atoms with Crippen molar-refractivity contribution >= 4 is 17.7 Å². The molecule has 264 valence electrons. The molecule has 0 saturated carbocycles. The van der Waals surface area contributed by atoms with Crippen LogP contribution < -0.4 is 10.0 Å². The molecule has 0 spiro atoms. The van der Waals surface area contributed by atoms with Crippen molar-refractivity contribution in [1.29, 1.82) is 0 Å². The van der Waals surface area contributed by atoms with E-state index < -0.39 is 46.8 Å². The van der Waals surface area contributed by atoms with Gasteiger partial charge in [-0.1, -0.05) is 85.4 Å². The number of halogens is 5. The lowest BCUT2D eigenvalue weighted by Gasteiger charge is -2.41. The Hall–Kier alpha value is -4.82. The highest BCUT2D eigenvalue weighted by Crippen LogP contribution is 2.43. The molecule has 1 saturated heterocycles. The van der Waals surface area contributed by atoms with E-state index in [1.54, 1.807) is 36.4 Å². The van der Waals surface area contributed by atoms with Crippen LogP contribution in [-0.2, 0) is 22.6 Å². The Morgan fingerprint density at radius 2 is 1.47 bits per heavy atom. The average Bonchev–Trinajstić information content (AvgIpc) is 3.16. The van der Waals surface area contributed by atoms with Gasteiger partial charge in [-0.15, -0.1) is 0 Å². The number of aliphatic hydroxyl groups is 1. The van der Waals surface area contributed by atoms with Crippen molar-refractivity contribution in [2.75, 3.05) is 5.75 Å². The zero-order chi connectivity index (χ0) is 36.2. The van der Waals surface area contributed by atoms with Gasteiger partial charge >= 0.3 is 0 Å². The summed E-state index contributed by atoms with van der Waals surface area (Å²) < 4.78 is 82.7. The third kappa shape index (κ3) is 7.76. The average molecular weight is 723 g/mol. The Labute approximate surface area is 294 Å². The molecule has 2 N–H and O–H groups in total. The van der Waals surface area contributed by atoms with Gasteiger partial charge in [0, 0.05) is 35.9 Å². The van der Waals surface area contributed by atoms with Crippen LogP contribution in [0.25, 0.3) is 11.1 Å². The third-order valence-corrected chi connectivity index (χ3v) is 9.75. The molecular formula is C38H31F5N2O5S. The van der Waals surface area contributed by atoms with Gasteiger partial charge in [-0.25, -0.2) is 22.0 Å². The lowest BCUT2D eigenvalue weighted by molar-refractivity contribution is -0.645. The van der Waals surface area contributed by atoms with Crippen molar-refractivity contribution in [3.63, 3.8) is 0 Å². The first kappa shape index (κ1) is 36.0. The quantitative estimate of drug-likeness (QED) is 0.0384. The molecule has 51 heavy (non-hydrogen) atoms. The predicted molar refractivity (Wildman–Crippen MR) is 178 cm³/mol. The summed E-state index contributed by atoms with van der Waals surface area (Å²) >= 11 is 1.39. The van der Waals surface area contributed by atoms with E-state index >= 15 is 0 Å². The lowest BCUT2D eigenvalue weighted by atomic mass is 9.91. The summed E-state index contributed by atoms with van der Waals surface area (Å²) in [5, 5.41) is 24.6. The van der Waals surface area contributed by atoms with Gasteiger partial charge in [0.05, 0.1) is 18.8 Å². The van der Waals surface area contributed by atoms with Crippen LogP contribution in [-0.4, -0.2) is 22.9 Å². The van der Waals surface area contributed by atoms with Gasteiger partial charge in [-0.05, 0) is 39.9 Å². The predicted octanol–water partition coefficient (Wildman–Crippen LogP) is 7.69. The fourth-order valence-electron chi connectivity index (χ4n) is 5.77. The van der Waals surface area contributed by atoms with E-state index in [0.29, 0.717) is 16.3 Å². The number of carbonyl (C=O) groups is 1. The first-order valence-electron chi connectivity index (χ1n) is 15.9. The Morgan fingerprint density at radius 1 is 0.804 bits per heavy atom. The molecular weight excluding hydrogens is 691 g/mol. The second kappa shape index (κ2) is 15.6. The molecule has 1 aliphatic heterocycles. The summed E-state index contributed by atoms with van der Waals surface area (Å²) in [6.45, 7) is 1.70. The van der Waals surface area contributed by atoms with E-state index in [2.05, 4.69) is 5.32 Å². The van der Waals surface area contributed by atoms with E-state index in [0.717, 1.165) is 32.5 Å². The summed E-state index contributed by atoms with van der Waals surface area (Å²) in [6.07, 6.45) is 0.0439. The molecule has 13 heteroatoms. The van der Waals surface area contributed by atoms with Crippen LogP contribution in [0.3, 0.4) is 0 Å². The maximum atomic E-state index is 14.1. The van der Waals surface area contributed by atoms with Gasteiger partial charge in [0.25, 0.3) is 10.9 Å². The standard InChI is InChI=1S/C38H31F5N2O5S/c1-21-28(20-51-29-7-2-3-16-45(29)48)49-38(50-36(21)25-10-8-22(19-46)9-11-25)26-14-12-24(13-15-26)27-6-4-5-23(17-27)18-44-37(47)30-31(39)33(41)35(43)34(42)32(30)40/h2-17,21,28,36,38,46H,18-20H2,1H3,(H,44,47)/t21-,28+,36+,38+/m0/s1. The molecule has 7 nitrogen and oxygen atoms in total. The number of benzene rings is 4. The Morgan fingerprint density at radius 3 is 2.14 bits per heavy atom. The van der Waals surface area contributed by atoms with Crippen molar-refractivity contribution in [2.24, 2.45) is 5.92 Å². The SMILES string of the molecule is C[C@H]1[C@@H](CSc2cccc[n+]2[O-])O[C@@H](c2ccc(-c3cccc(CNC(=O)c4c(F)c(F)c(F)c(F)c4F)c3)cc2)O[C@H]1c1ccc(CO)cc1. The second-order valence-corrected chi connectivity index (χ2v) is 13.0. The molecule has 1 aromatic heterocycles. The zero-order valence-corrected chi connectivity index (χ0v) is 27.8. The van der Waals surface area contributed by atoms with Crippen LogP contribution >= 0.6 is 11.8 Å². The molecule has 2 heterocycles. The van der Waals surface area contributed by atoms with Crippen LogP contribution in [0, 0.1) is 40.2 Å². The van der Waals surface area contributed by atoms with E-state index in [9.17, 15) is 37.1 Å². The number of amides is 1. The van der Waals surface area contributed by atoms with Gasteiger partial charge in [0.15, 0.2) is 35.8 Å². The highest BCUT2D eigenvalue weighted by molar-refractivity contribution is 7.99. The largest absolute Gasteiger partial charge is 0.618 e. The smallest absolute Gasteiger partial charge is 0.257 e. The summed E-state index contributed by atoms with van der Waals surface area (Å²) in [5.41, 5.74) is 2.89. The summed E-state index contributed by atoms with van der Waals surface area (Å²) in [6, 6.07) is 27.0. The highest BCUT2D eigenvalue weighted by atomic mass is 32.2. The van der Waals surface area contributed by atoms with Crippen molar-refractivity contribution in [3.05, 3.63) is 159 Å². The van der Waals surface area contributed by atoms with Gasteiger partial charge in [0.2, 0.25) is 5.82 Å². The van der Waals surface area contributed by atoms with Crippen molar-refractivity contribution < 1.29 is 46.1 Å². The fourth-order valence-corrected chi connectivity index (χ4v) is 6.85. The molecule has 0 unspecified atom stereocenters. The minimum atomic E-state index is -2.34. The van der Waals surface area contributed by atoms with E-state index in [4.69, 9.17) is 9.47 Å². The van der Waals surface area contributed by atoms with Gasteiger partial charge in [-0.2, -0.15) is 4.73 Å². The molecule has 1 fully saturated rings. The minimum absolute atomic E-state index is 0.0824. The Bertz CT molecular complexity index is 2000. The molecule has 1 amide bonds. The highest BCUT2D eigenvalue weighted by Gasteiger charge is 2.39. The fraction of sp³-hybridized carbons (Fsp3) is 0.211. The summed E-state index contributed by atoms with van der Waals surface area (Å²) in [5.74, 6) is -12.2. The number of ether oxygens (including phenoxy) is 2. The minimum Gasteiger partial charge on any atom is -0.618 e. The number of pyridine rings is 1. The maximum Gasteiger partial charge on any atom is 0.257 e. The van der Waals surface area contributed by atoms with Crippen molar-refractivity contribution in [3.8, 4) is 11.1 Å². The third-order valence-electron chi connectivity index (χ3n) is 8.64. The van der Waals surface area contributed by atoms with Crippen LogP contribution in [0.1, 0.15) is 51.9 Å². The lowest BCUT2D eigenvalue weighted by Crippen LogP contribution is -2.39. The number of hydrogen-bond acceptors (Lipinski definition) is 6. The molecule has 1 aliphatic rings. The summed E-state index contributed by atoms with van der Waals surface area (Å²) in [7, 11) is 0. The molecule has 0 aliphatic carbocycles. The van der Waals surface area contributed by atoms with Gasteiger partial charge in [0.1, 0.15) is 5.56 Å². The van der Waals surface area contributed by atoms with E-state index in [-0.39, 0.29) is 31.3 Å². The molecule has 5 aromatic rings. The van der Waals surface area contributed by atoms with Crippen molar-refractivity contribution in [2.45, 2.75) is 43.6 Å². The number of nitrogens with one attached hydrogen (secondary N) is 1. The molecule has 0 radical (unpaired) electrons. The van der Waals surface area contributed by atoms with Crippen LogP contribution in [0.4, 0.5) is 22.0 Å². The number of carbonyl (C=O) groups excluding carboxylic acids is 1. The number of hydrogen-bond donors (Lipinski definition) is 2. The molecule has 6 rings (SSSR count). The number of aromatic nitrogens is 1.